The summed E-state index contributed by atoms with van der Waals surface area (Å²) in [4.78, 5) is 0.257. The Morgan fingerprint density at radius 3 is 2.80 bits per heavy atom. The van der Waals surface area contributed by atoms with Crippen molar-refractivity contribution in [2.24, 2.45) is 0 Å². The Labute approximate surface area is 119 Å². The van der Waals surface area contributed by atoms with Gasteiger partial charge in [-0.2, -0.15) is 4.31 Å². The molecule has 1 unspecified atom stereocenters. The van der Waals surface area contributed by atoms with Crippen LogP contribution in [0.2, 0.25) is 0 Å². The highest BCUT2D eigenvalue weighted by Crippen LogP contribution is 2.22. The zero-order valence-electron chi connectivity index (χ0n) is 11.7. The van der Waals surface area contributed by atoms with Crippen molar-refractivity contribution in [2.45, 2.75) is 24.1 Å². The predicted octanol–water partition coefficient (Wildman–Crippen LogP) is -0.0824. The van der Waals surface area contributed by atoms with Gasteiger partial charge in [-0.3, -0.25) is 0 Å². The van der Waals surface area contributed by atoms with E-state index in [1.165, 1.54) is 14.2 Å². The summed E-state index contributed by atoms with van der Waals surface area (Å²) in [7, 11) is -0.662. The average Bonchev–Trinajstić information content (AvgIpc) is 2.85. The van der Waals surface area contributed by atoms with E-state index in [0.717, 1.165) is 22.0 Å². The number of aliphatic hydroxyl groups is 1. The molecule has 7 heteroatoms. The molecule has 1 heterocycles. The number of rotatable bonds is 6. The second-order valence-corrected chi connectivity index (χ2v) is 6.97. The molecular formula is C13H20N2O4S. The van der Waals surface area contributed by atoms with Gasteiger partial charge in [-0.15, -0.1) is 0 Å². The van der Waals surface area contributed by atoms with E-state index in [-0.39, 0.29) is 18.0 Å². The van der Waals surface area contributed by atoms with Crippen LogP contribution in [0.25, 0.3) is 0 Å². The number of benzene rings is 1. The van der Waals surface area contributed by atoms with Gasteiger partial charge in [-0.25, -0.2) is 8.42 Å². The van der Waals surface area contributed by atoms with Crippen molar-refractivity contribution in [3.05, 3.63) is 29.3 Å². The monoisotopic (exact) mass is 300 g/mol. The molecule has 2 rings (SSSR count). The van der Waals surface area contributed by atoms with Gasteiger partial charge in [0.15, 0.2) is 0 Å². The first-order valence-corrected chi connectivity index (χ1v) is 7.85. The van der Waals surface area contributed by atoms with Crippen LogP contribution in [0.3, 0.4) is 0 Å². The number of aliphatic hydroxyl groups excluding tert-OH is 1. The van der Waals surface area contributed by atoms with Crippen LogP contribution in [-0.4, -0.2) is 51.2 Å². The van der Waals surface area contributed by atoms with Crippen LogP contribution in [0.15, 0.2) is 23.1 Å². The number of hydrogen-bond acceptors (Lipinski definition) is 5. The molecule has 0 fully saturated rings. The first-order valence-electron chi connectivity index (χ1n) is 6.41. The third-order valence-electron chi connectivity index (χ3n) is 3.34. The van der Waals surface area contributed by atoms with Gasteiger partial charge in [0.25, 0.3) is 0 Å². The van der Waals surface area contributed by atoms with Crippen LogP contribution < -0.4 is 5.32 Å². The summed E-state index contributed by atoms with van der Waals surface area (Å²) in [6, 6.07) is 5.14. The lowest BCUT2D eigenvalue weighted by Crippen LogP contribution is -2.36. The largest absolute Gasteiger partial charge is 0.389 e. The Morgan fingerprint density at radius 2 is 2.10 bits per heavy atom. The molecule has 1 aliphatic rings. The lowest BCUT2D eigenvalue weighted by molar-refractivity contribution is 0.0554. The van der Waals surface area contributed by atoms with Gasteiger partial charge in [0, 0.05) is 33.8 Å². The minimum Gasteiger partial charge on any atom is -0.389 e. The molecule has 112 valence electrons. The Kier molecular flexibility index (Phi) is 4.77. The van der Waals surface area contributed by atoms with E-state index in [2.05, 4.69) is 5.32 Å². The summed E-state index contributed by atoms with van der Waals surface area (Å²) in [5.74, 6) is 0. The lowest BCUT2D eigenvalue weighted by atomic mass is 10.1. The van der Waals surface area contributed by atoms with E-state index in [0.29, 0.717) is 6.54 Å². The highest BCUT2D eigenvalue weighted by Gasteiger charge is 2.24. The van der Waals surface area contributed by atoms with Crippen molar-refractivity contribution in [3.8, 4) is 0 Å². The highest BCUT2D eigenvalue weighted by atomic mass is 32.2. The minimum atomic E-state index is -3.58. The van der Waals surface area contributed by atoms with Crippen LogP contribution in [0.4, 0.5) is 0 Å². The van der Waals surface area contributed by atoms with Crippen LogP contribution in [-0.2, 0) is 27.8 Å². The molecule has 0 spiro atoms. The standard InChI is InChI=1S/C13H20N2O4S/c1-15(8-12(16)9-19-2)20(17,18)13-4-3-10-6-14-7-11(10)5-13/h3-5,12,14,16H,6-9H2,1-2H3. The third kappa shape index (κ3) is 3.18. The van der Waals surface area contributed by atoms with Crippen molar-refractivity contribution in [3.63, 3.8) is 0 Å². The van der Waals surface area contributed by atoms with E-state index < -0.39 is 16.1 Å². The van der Waals surface area contributed by atoms with E-state index in [9.17, 15) is 13.5 Å². The second kappa shape index (κ2) is 6.19. The summed E-state index contributed by atoms with van der Waals surface area (Å²) in [6.45, 7) is 1.58. The quantitative estimate of drug-likeness (QED) is 0.768. The Bertz CT molecular complexity index is 574. The van der Waals surface area contributed by atoms with E-state index >= 15 is 0 Å². The van der Waals surface area contributed by atoms with Crippen LogP contribution in [0.5, 0.6) is 0 Å². The number of ether oxygens (including phenoxy) is 1. The molecular weight excluding hydrogens is 280 g/mol. The number of sulfonamides is 1. The smallest absolute Gasteiger partial charge is 0.242 e. The molecule has 6 nitrogen and oxygen atoms in total. The summed E-state index contributed by atoms with van der Waals surface area (Å²) in [5.41, 5.74) is 2.14. The zero-order chi connectivity index (χ0) is 14.8. The SMILES string of the molecule is COCC(O)CN(C)S(=O)(=O)c1ccc2c(c1)CNC2. The number of fused-ring (bicyclic) bond motifs is 1. The van der Waals surface area contributed by atoms with Gasteiger partial charge in [-0.05, 0) is 23.3 Å². The third-order valence-corrected chi connectivity index (χ3v) is 5.16. The molecule has 0 aliphatic carbocycles. The van der Waals surface area contributed by atoms with E-state index in [1.807, 2.05) is 6.07 Å². The fourth-order valence-corrected chi connectivity index (χ4v) is 3.51. The van der Waals surface area contributed by atoms with E-state index in [1.54, 1.807) is 12.1 Å². The maximum absolute atomic E-state index is 12.4. The van der Waals surface area contributed by atoms with Crippen molar-refractivity contribution >= 4 is 10.0 Å². The fraction of sp³-hybridized carbons (Fsp3) is 0.538. The average molecular weight is 300 g/mol. The minimum absolute atomic E-state index is 0.00546. The molecule has 1 aliphatic heterocycles. The molecule has 0 amide bonds. The summed E-state index contributed by atoms with van der Waals surface area (Å²) >= 11 is 0. The van der Waals surface area contributed by atoms with Crippen LogP contribution in [0.1, 0.15) is 11.1 Å². The Balaban J connectivity index is 2.17. The molecule has 1 aromatic carbocycles. The lowest BCUT2D eigenvalue weighted by Gasteiger charge is -2.20. The van der Waals surface area contributed by atoms with Gasteiger partial charge in [0.1, 0.15) is 0 Å². The Hall–Kier alpha value is -0.990. The topological polar surface area (TPSA) is 78.9 Å². The first kappa shape index (κ1) is 15.4. The van der Waals surface area contributed by atoms with Gasteiger partial charge >= 0.3 is 0 Å². The van der Waals surface area contributed by atoms with Gasteiger partial charge in [0.2, 0.25) is 10.0 Å². The number of nitrogens with one attached hydrogen (secondary N) is 1. The number of hydrogen-bond donors (Lipinski definition) is 2. The molecule has 0 radical (unpaired) electrons. The molecule has 0 saturated carbocycles. The summed E-state index contributed by atoms with van der Waals surface area (Å²) in [5, 5.41) is 12.8. The van der Waals surface area contributed by atoms with Crippen molar-refractivity contribution in [1.29, 1.82) is 0 Å². The molecule has 1 atom stereocenters. The fourth-order valence-electron chi connectivity index (χ4n) is 2.25. The van der Waals surface area contributed by atoms with Crippen LogP contribution >= 0.6 is 0 Å². The molecule has 0 aromatic heterocycles. The molecule has 2 N–H and O–H groups in total. The van der Waals surface area contributed by atoms with Gasteiger partial charge < -0.3 is 15.2 Å². The molecule has 20 heavy (non-hydrogen) atoms. The highest BCUT2D eigenvalue weighted by molar-refractivity contribution is 7.89. The number of likely N-dealkylation sites (N-methyl/N-ethyl adjacent to an activating group) is 1. The number of nitrogens with zero attached hydrogens (tertiary/aromatic N) is 1. The maximum atomic E-state index is 12.4. The van der Waals surface area contributed by atoms with E-state index in [4.69, 9.17) is 4.74 Å². The predicted molar refractivity (Wildman–Crippen MR) is 74.7 cm³/mol. The van der Waals surface area contributed by atoms with Crippen molar-refractivity contribution < 1.29 is 18.3 Å². The number of methoxy groups -OCH3 is 1. The molecule has 0 saturated heterocycles. The maximum Gasteiger partial charge on any atom is 0.242 e. The van der Waals surface area contributed by atoms with Crippen molar-refractivity contribution in [1.82, 2.24) is 9.62 Å². The van der Waals surface area contributed by atoms with Gasteiger partial charge in [0.05, 0.1) is 17.6 Å². The normalized spacial score (nSPS) is 16.4. The van der Waals surface area contributed by atoms with Crippen LogP contribution in [0, 0.1) is 0 Å². The first-order chi connectivity index (χ1) is 9.45. The second-order valence-electron chi connectivity index (χ2n) is 4.93. The zero-order valence-corrected chi connectivity index (χ0v) is 12.5. The Morgan fingerprint density at radius 1 is 1.40 bits per heavy atom. The van der Waals surface area contributed by atoms with Crippen molar-refractivity contribution in [2.75, 3.05) is 27.3 Å². The van der Waals surface area contributed by atoms with Gasteiger partial charge in [-0.1, -0.05) is 6.07 Å². The summed E-state index contributed by atoms with van der Waals surface area (Å²) in [6.07, 6.45) is -0.837. The summed E-state index contributed by atoms with van der Waals surface area (Å²) < 4.78 is 30.8. The molecule has 0 bridgehead atoms. The molecule has 1 aromatic rings.